The average molecular weight is 366 g/mol. The van der Waals surface area contributed by atoms with E-state index in [0.717, 1.165) is 25.2 Å². The van der Waals surface area contributed by atoms with Crippen molar-refractivity contribution in [1.82, 2.24) is 19.8 Å². The van der Waals surface area contributed by atoms with E-state index in [1.807, 2.05) is 0 Å². The van der Waals surface area contributed by atoms with E-state index in [4.69, 9.17) is 0 Å². The minimum atomic E-state index is -0.467. The molecule has 4 aliphatic rings. The number of hydrogen-bond donors (Lipinski definition) is 0. The van der Waals surface area contributed by atoms with E-state index in [9.17, 15) is 14.0 Å². The lowest BCUT2D eigenvalue weighted by Crippen LogP contribution is -2.73. The van der Waals surface area contributed by atoms with E-state index in [-0.39, 0.29) is 17.9 Å². The Balaban J connectivity index is 1.27. The number of rotatable bonds is 4. The normalized spacial score (nSPS) is 26.6. The molecule has 0 atom stereocenters. The molecular formula is C20H19FN4O2. The molecule has 1 saturated heterocycles. The minimum Gasteiger partial charge on any atom is -0.327 e. The number of piperazine rings is 1. The summed E-state index contributed by atoms with van der Waals surface area (Å²) in [5, 5.41) is 0. The minimum absolute atomic E-state index is 0.0231. The summed E-state index contributed by atoms with van der Waals surface area (Å²) in [5.41, 5.74) is 1.38. The molecule has 2 aromatic rings. The van der Waals surface area contributed by atoms with Crippen LogP contribution in [0.4, 0.5) is 4.39 Å². The third-order valence-corrected chi connectivity index (χ3v) is 6.10. The zero-order chi connectivity index (χ0) is 18.6. The lowest BCUT2D eigenvalue weighted by atomic mass is 9.49. The summed E-state index contributed by atoms with van der Waals surface area (Å²) in [6.45, 7) is 1.32. The van der Waals surface area contributed by atoms with Crippen LogP contribution in [0.15, 0.2) is 36.7 Å². The molecule has 138 valence electrons. The molecule has 1 aromatic carbocycles. The second-order valence-electron chi connectivity index (χ2n) is 7.76. The molecule has 1 aliphatic heterocycles. The Morgan fingerprint density at radius 2 is 1.81 bits per heavy atom. The summed E-state index contributed by atoms with van der Waals surface area (Å²) >= 11 is 0. The quantitative estimate of drug-likeness (QED) is 0.777. The van der Waals surface area contributed by atoms with Crippen LogP contribution in [0, 0.1) is 11.7 Å². The SMILES string of the molecule is O=C1C(=O)N(C23CC(C2)C3)CCN1Cc1cnc(-c2ccccc2F)cn1. The van der Waals surface area contributed by atoms with Gasteiger partial charge < -0.3 is 9.80 Å². The number of amides is 2. The fraction of sp³-hybridized carbons (Fsp3) is 0.400. The standard InChI is InChI=1S/C20H19FN4O2/c21-16-4-2-1-3-15(16)17-11-22-14(10-23-17)12-24-5-6-25(19(27)18(24)26)20-7-13(8-20)9-20/h1-4,10-11,13H,5-9,12H2. The van der Waals surface area contributed by atoms with Crippen LogP contribution in [0.2, 0.25) is 0 Å². The zero-order valence-electron chi connectivity index (χ0n) is 14.8. The maximum Gasteiger partial charge on any atom is 0.312 e. The number of carbonyl (C=O) groups is 2. The molecule has 0 spiro atoms. The summed E-state index contributed by atoms with van der Waals surface area (Å²) in [6, 6.07) is 6.38. The van der Waals surface area contributed by atoms with Crippen LogP contribution >= 0.6 is 0 Å². The lowest BCUT2D eigenvalue weighted by molar-refractivity contribution is -0.186. The van der Waals surface area contributed by atoms with Gasteiger partial charge in [-0.1, -0.05) is 12.1 Å². The second-order valence-corrected chi connectivity index (χ2v) is 7.76. The molecule has 3 saturated carbocycles. The highest BCUT2D eigenvalue weighted by Gasteiger charge is 2.62. The first kappa shape index (κ1) is 16.4. The Morgan fingerprint density at radius 3 is 2.44 bits per heavy atom. The number of hydrogen-bond acceptors (Lipinski definition) is 4. The van der Waals surface area contributed by atoms with Gasteiger partial charge in [-0.3, -0.25) is 19.6 Å². The van der Waals surface area contributed by atoms with E-state index in [1.54, 1.807) is 23.1 Å². The summed E-state index contributed by atoms with van der Waals surface area (Å²) in [7, 11) is 0. The molecule has 6 rings (SSSR count). The van der Waals surface area contributed by atoms with E-state index in [0.29, 0.717) is 30.0 Å². The Bertz CT molecular complexity index is 913. The zero-order valence-corrected chi connectivity index (χ0v) is 14.8. The van der Waals surface area contributed by atoms with Gasteiger partial charge in [-0.15, -0.1) is 0 Å². The van der Waals surface area contributed by atoms with Gasteiger partial charge in [0.15, 0.2) is 0 Å². The molecule has 2 amide bonds. The van der Waals surface area contributed by atoms with Gasteiger partial charge in [-0.2, -0.15) is 0 Å². The number of benzene rings is 1. The molecule has 6 nitrogen and oxygen atoms in total. The van der Waals surface area contributed by atoms with E-state index < -0.39 is 11.8 Å². The van der Waals surface area contributed by atoms with Crippen LogP contribution < -0.4 is 0 Å². The van der Waals surface area contributed by atoms with Crippen LogP contribution in [0.1, 0.15) is 25.0 Å². The van der Waals surface area contributed by atoms with Crippen molar-refractivity contribution >= 4 is 11.8 Å². The summed E-state index contributed by atoms with van der Waals surface area (Å²) in [6.07, 6.45) is 6.18. The van der Waals surface area contributed by atoms with Crippen molar-refractivity contribution in [3.63, 3.8) is 0 Å². The van der Waals surface area contributed by atoms with E-state index in [1.165, 1.54) is 23.4 Å². The molecule has 7 heteroatoms. The fourth-order valence-electron chi connectivity index (χ4n) is 4.48. The highest BCUT2D eigenvalue weighted by atomic mass is 19.1. The van der Waals surface area contributed by atoms with Crippen molar-refractivity contribution in [2.75, 3.05) is 13.1 Å². The first-order valence-electron chi connectivity index (χ1n) is 9.22. The number of carbonyl (C=O) groups excluding carboxylic acids is 2. The molecule has 1 aromatic heterocycles. The third kappa shape index (κ3) is 2.52. The van der Waals surface area contributed by atoms with Crippen molar-refractivity contribution in [1.29, 1.82) is 0 Å². The van der Waals surface area contributed by atoms with Crippen molar-refractivity contribution in [3.8, 4) is 11.3 Å². The first-order valence-corrected chi connectivity index (χ1v) is 9.22. The Labute approximate surface area is 156 Å². The van der Waals surface area contributed by atoms with Gasteiger partial charge >= 0.3 is 11.8 Å². The first-order chi connectivity index (χ1) is 13.1. The van der Waals surface area contributed by atoms with Crippen molar-refractivity contribution in [3.05, 3.63) is 48.2 Å². The molecule has 0 N–H and O–H groups in total. The smallest absolute Gasteiger partial charge is 0.312 e. The highest BCUT2D eigenvalue weighted by molar-refractivity contribution is 6.35. The number of nitrogens with zero attached hydrogens (tertiary/aromatic N) is 4. The molecule has 2 heterocycles. The van der Waals surface area contributed by atoms with Crippen molar-refractivity contribution in [2.45, 2.75) is 31.3 Å². The van der Waals surface area contributed by atoms with Crippen LogP contribution in [0.3, 0.4) is 0 Å². The maximum absolute atomic E-state index is 13.9. The molecule has 0 radical (unpaired) electrons. The molecule has 27 heavy (non-hydrogen) atoms. The average Bonchev–Trinajstić information content (AvgIpc) is 2.60. The molecule has 2 bridgehead atoms. The molecular weight excluding hydrogens is 347 g/mol. The predicted molar refractivity (Wildman–Crippen MR) is 94.6 cm³/mol. The van der Waals surface area contributed by atoms with Crippen molar-refractivity contribution < 1.29 is 14.0 Å². The largest absolute Gasteiger partial charge is 0.327 e. The highest BCUT2D eigenvalue weighted by Crippen LogP contribution is 2.60. The van der Waals surface area contributed by atoms with Gasteiger partial charge in [0.1, 0.15) is 5.82 Å². The van der Waals surface area contributed by atoms with Gasteiger partial charge in [0.2, 0.25) is 0 Å². The van der Waals surface area contributed by atoms with Crippen LogP contribution in [-0.2, 0) is 16.1 Å². The summed E-state index contributed by atoms with van der Waals surface area (Å²) in [5.74, 6) is -0.458. The molecule has 0 unspecified atom stereocenters. The predicted octanol–water partition coefficient (Wildman–Crippen LogP) is 2.01. The Morgan fingerprint density at radius 1 is 1.04 bits per heavy atom. The second kappa shape index (κ2) is 5.84. The lowest BCUT2D eigenvalue weighted by Gasteiger charge is -2.66. The Kier molecular flexibility index (Phi) is 3.54. The third-order valence-electron chi connectivity index (χ3n) is 6.10. The molecule has 3 aliphatic carbocycles. The van der Waals surface area contributed by atoms with Crippen LogP contribution in [0.25, 0.3) is 11.3 Å². The monoisotopic (exact) mass is 366 g/mol. The van der Waals surface area contributed by atoms with Crippen LogP contribution in [-0.4, -0.2) is 50.2 Å². The summed E-state index contributed by atoms with van der Waals surface area (Å²) in [4.78, 5) is 36.9. The van der Waals surface area contributed by atoms with Crippen molar-refractivity contribution in [2.24, 2.45) is 5.92 Å². The van der Waals surface area contributed by atoms with Gasteiger partial charge in [0.25, 0.3) is 0 Å². The van der Waals surface area contributed by atoms with Crippen LogP contribution in [0.5, 0.6) is 0 Å². The maximum atomic E-state index is 13.9. The van der Waals surface area contributed by atoms with Gasteiger partial charge in [-0.05, 0) is 37.3 Å². The van der Waals surface area contributed by atoms with E-state index in [2.05, 4.69) is 9.97 Å². The van der Waals surface area contributed by atoms with Gasteiger partial charge in [-0.25, -0.2) is 4.39 Å². The number of halogens is 1. The number of aromatic nitrogens is 2. The topological polar surface area (TPSA) is 66.4 Å². The Hall–Kier alpha value is -2.83. The fourth-order valence-corrected chi connectivity index (χ4v) is 4.48. The summed E-state index contributed by atoms with van der Waals surface area (Å²) < 4.78 is 13.9. The van der Waals surface area contributed by atoms with Gasteiger partial charge in [0.05, 0.1) is 30.3 Å². The van der Waals surface area contributed by atoms with Gasteiger partial charge in [0, 0.05) is 24.2 Å². The molecule has 4 fully saturated rings. The van der Waals surface area contributed by atoms with E-state index >= 15 is 0 Å².